The van der Waals surface area contributed by atoms with Gasteiger partial charge in [0.25, 0.3) is 0 Å². The summed E-state index contributed by atoms with van der Waals surface area (Å²) in [5.41, 5.74) is 3.48. The minimum atomic E-state index is -1.82. The number of carbonyl (C=O) groups is 2. The van der Waals surface area contributed by atoms with Crippen molar-refractivity contribution in [3.8, 4) is 5.75 Å². The number of benzene rings is 1. The van der Waals surface area contributed by atoms with Crippen molar-refractivity contribution in [3.05, 3.63) is 28.8 Å². The highest BCUT2D eigenvalue weighted by Crippen LogP contribution is 2.25. The van der Waals surface area contributed by atoms with E-state index in [0.29, 0.717) is 13.2 Å². The molecule has 0 aromatic heterocycles. The Balaban J connectivity index is 0.000000688. The third kappa shape index (κ3) is 8.18. The third-order valence-electron chi connectivity index (χ3n) is 3.11. The third-order valence-corrected chi connectivity index (χ3v) is 3.11. The number of aliphatic carboxylic acids is 2. The first-order valence-corrected chi connectivity index (χ1v) is 7.25. The second-order valence-electron chi connectivity index (χ2n) is 5.04. The molecule has 0 radical (unpaired) electrons. The molecule has 0 aliphatic rings. The number of carboxylic acid groups (broad SMARTS) is 2. The summed E-state index contributed by atoms with van der Waals surface area (Å²) < 4.78 is 5.72. The van der Waals surface area contributed by atoms with Crippen LogP contribution in [0.25, 0.3) is 0 Å². The van der Waals surface area contributed by atoms with Gasteiger partial charge < -0.3 is 25.4 Å². The Bertz CT molecular complexity index is 518. The van der Waals surface area contributed by atoms with Crippen LogP contribution in [0.4, 0.5) is 0 Å². The van der Waals surface area contributed by atoms with Gasteiger partial charge in [-0.3, -0.25) is 0 Å². The van der Waals surface area contributed by atoms with Gasteiger partial charge in [0.05, 0.1) is 0 Å². The summed E-state index contributed by atoms with van der Waals surface area (Å²) in [7, 11) is 0. The Morgan fingerprint density at radius 1 is 1.13 bits per heavy atom. The van der Waals surface area contributed by atoms with E-state index in [1.165, 1.54) is 5.56 Å². The molecule has 23 heavy (non-hydrogen) atoms. The number of carboxylic acids is 2. The highest BCUT2D eigenvalue weighted by molar-refractivity contribution is 6.27. The number of aryl methyl sites for hydroxylation is 2. The van der Waals surface area contributed by atoms with Gasteiger partial charge in [0.2, 0.25) is 0 Å². The summed E-state index contributed by atoms with van der Waals surface area (Å²) in [6, 6.07) is 4.14. The van der Waals surface area contributed by atoms with E-state index in [-0.39, 0.29) is 0 Å². The highest BCUT2D eigenvalue weighted by Gasteiger charge is 2.09. The van der Waals surface area contributed by atoms with E-state index in [1.807, 2.05) is 26.8 Å². The quantitative estimate of drug-likeness (QED) is 0.578. The molecule has 1 atom stereocenters. The maximum atomic E-state index is 9.71. The SMILES string of the molecule is CCNCC(O)COc1c(C)ccc(C)c1C.O=C(O)C(=O)O. The van der Waals surface area contributed by atoms with Crippen molar-refractivity contribution in [1.29, 1.82) is 0 Å². The molecule has 0 fully saturated rings. The van der Waals surface area contributed by atoms with Crippen molar-refractivity contribution in [2.45, 2.75) is 33.8 Å². The molecule has 0 aliphatic carbocycles. The van der Waals surface area contributed by atoms with E-state index in [1.54, 1.807) is 0 Å². The normalized spacial score (nSPS) is 11.2. The molecular formula is C16H25NO6. The lowest BCUT2D eigenvalue weighted by Gasteiger charge is -2.17. The summed E-state index contributed by atoms with van der Waals surface area (Å²) >= 11 is 0. The Labute approximate surface area is 135 Å². The first kappa shape index (κ1) is 20.9. The average molecular weight is 327 g/mol. The van der Waals surface area contributed by atoms with Crippen LogP contribution in [-0.2, 0) is 9.59 Å². The smallest absolute Gasteiger partial charge is 0.414 e. The van der Waals surface area contributed by atoms with Crippen LogP contribution in [0.2, 0.25) is 0 Å². The molecule has 4 N–H and O–H groups in total. The van der Waals surface area contributed by atoms with Crippen LogP contribution in [0.1, 0.15) is 23.6 Å². The minimum Gasteiger partial charge on any atom is -0.490 e. The fourth-order valence-corrected chi connectivity index (χ4v) is 1.70. The van der Waals surface area contributed by atoms with Crippen LogP contribution in [0.15, 0.2) is 12.1 Å². The van der Waals surface area contributed by atoms with Gasteiger partial charge in [0.1, 0.15) is 18.5 Å². The molecule has 7 nitrogen and oxygen atoms in total. The van der Waals surface area contributed by atoms with Gasteiger partial charge in [0.15, 0.2) is 0 Å². The zero-order chi connectivity index (χ0) is 18.0. The van der Waals surface area contributed by atoms with E-state index in [4.69, 9.17) is 24.5 Å². The molecule has 130 valence electrons. The van der Waals surface area contributed by atoms with Crippen molar-refractivity contribution in [1.82, 2.24) is 5.32 Å². The van der Waals surface area contributed by atoms with Gasteiger partial charge in [-0.1, -0.05) is 19.1 Å². The van der Waals surface area contributed by atoms with Gasteiger partial charge in [0, 0.05) is 6.54 Å². The second-order valence-corrected chi connectivity index (χ2v) is 5.04. The zero-order valence-corrected chi connectivity index (χ0v) is 13.9. The Kier molecular flexibility index (Phi) is 9.60. The number of aliphatic hydroxyl groups excluding tert-OH is 1. The molecule has 1 aromatic rings. The van der Waals surface area contributed by atoms with Crippen LogP contribution >= 0.6 is 0 Å². The van der Waals surface area contributed by atoms with Crippen molar-refractivity contribution in [2.24, 2.45) is 0 Å². The summed E-state index contributed by atoms with van der Waals surface area (Å²) in [5.74, 6) is -2.74. The molecule has 0 saturated heterocycles. The van der Waals surface area contributed by atoms with Crippen LogP contribution in [-0.4, -0.2) is 53.1 Å². The number of rotatable bonds is 6. The summed E-state index contributed by atoms with van der Waals surface area (Å²) in [6.07, 6.45) is -0.464. The monoisotopic (exact) mass is 327 g/mol. The van der Waals surface area contributed by atoms with Crippen molar-refractivity contribution in [3.63, 3.8) is 0 Å². The van der Waals surface area contributed by atoms with Gasteiger partial charge >= 0.3 is 11.9 Å². The van der Waals surface area contributed by atoms with E-state index in [9.17, 15) is 5.11 Å². The molecule has 0 amide bonds. The van der Waals surface area contributed by atoms with E-state index in [2.05, 4.69) is 18.3 Å². The molecule has 0 bridgehead atoms. The Hall–Kier alpha value is -2.12. The molecule has 0 aliphatic heterocycles. The molecule has 1 rings (SSSR count). The number of nitrogens with one attached hydrogen (secondary N) is 1. The average Bonchev–Trinajstić information content (AvgIpc) is 2.49. The van der Waals surface area contributed by atoms with Crippen LogP contribution in [0.5, 0.6) is 5.75 Å². The standard InChI is InChI=1S/C14H23NO2.C2H2O4/c1-5-15-8-13(16)9-17-14-11(3)7-6-10(2)12(14)4;3-1(4)2(5)6/h6-7,13,15-16H,5,8-9H2,1-4H3;(H,3,4)(H,5,6). The predicted molar refractivity (Wildman–Crippen MR) is 86.0 cm³/mol. The molecular weight excluding hydrogens is 302 g/mol. The highest BCUT2D eigenvalue weighted by atomic mass is 16.5. The lowest BCUT2D eigenvalue weighted by Crippen LogP contribution is -2.31. The molecule has 0 saturated carbocycles. The predicted octanol–water partition coefficient (Wildman–Crippen LogP) is 1.12. The van der Waals surface area contributed by atoms with E-state index >= 15 is 0 Å². The lowest BCUT2D eigenvalue weighted by molar-refractivity contribution is -0.159. The van der Waals surface area contributed by atoms with Crippen LogP contribution < -0.4 is 10.1 Å². The summed E-state index contributed by atoms with van der Waals surface area (Å²) in [4.78, 5) is 18.2. The van der Waals surface area contributed by atoms with Gasteiger partial charge in [-0.25, -0.2) is 9.59 Å². The van der Waals surface area contributed by atoms with E-state index in [0.717, 1.165) is 23.4 Å². The Morgan fingerprint density at radius 3 is 2.13 bits per heavy atom. The summed E-state index contributed by atoms with van der Waals surface area (Å²) in [5, 5.41) is 27.6. The van der Waals surface area contributed by atoms with E-state index < -0.39 is 18.0 Å². The van der Waals surface area contributed by atoms with Gasteiger partial charge in [-0.2, -0.15) is 0 Å². The largest absolute Gasteiger partial charge is 0.490 e. The molecule has 1 unspecified atom stereocenters. The Morgan fingerprint density at radius 2 is 1.65 bits per heavy atom. The minimum absolute atomic E-state index is 0.331. The van der Waals surface area contributed by atoms with Gasteiger partial charge in [-0.15, -0.1) is 0 Å². The number of aliphatic hydroxyl groups is 1. The van der Waals surface area contributed by atoms with Gasteiger partial charge in [-0.05, 0) is 44.0 Å². The van der Waals surface area contributed by atoms with Crippen LogP contribution in [0, 0.1) is 20.8 Å². The fraction of sp³-hybridized carbons (Fsp3) is 0.500. The number of hydrogen-bond acceptors (Lipinski definition) is 5. The maximum absolute atomic E-state index is 9.71. The first-order valence-electron chi connectivity index (χ1n) is 7.25. The van der Waals surface area contributed by atoms with Crippen molar-refractivity contribution in [2.75, 3.05) is 19.7 Å². The summed E-state index contributed by atoms with van der Waals surface area (Å²) in [6.45, 7) is 9.92. The number of hydrogen-bond donors (Lipinski definition) is 4. The number of likely N-dealkylation sites (N-methyl/N-ethyl adjacent to an activating group) is 1. The maximum Gasteiger partial charge on any atom is 0.414 e. The van der Waals surface area contributed by atoms with Crippen LogP contribution in [0.3, 0.4) is 0 Å². The molecule has 0 spiro atoms. The fourth-order valence-electron chi connectivity index (χ4n) is 1.70. The van der Waals surface area contributed by atoms with Crippen molar-refractivity contribution >= 4 is 11.9 Å². The molecule has 7 heteroatoms. The lowest BCUT2D eigenvalue weighted by atomic mass is 10.1. The first-order chi connectivity index (χ1) is 10.7. The molecule has 0 heterocycles. The number of ether oxygens (including phenoxy) is 1. The topological polar surface area (TPSA) is 116 Å². The molecule has 1 aromatic carbocycles. The second kappa shape index (κ2) is 10.6. The zero-order valence-electron chi connectivity index (χ0n) is 13.9. The van der Waals surface area contributed by atoms with Crippen molar-refractivity contribution < 1.29 is 29.6 Å².